The summed E-state index contributed by atoms with van der Waals surface area (Å²) in [6.45, 7) is 8.34. The molecule has 3 aromatic carbocycles. The van der Waals surface area contributed by atoms with Crippen molar-refractivity contribution in [1.82, 2.24) is 4.90 Å². The SMILES string of the molecule is CCN(CC)CCN=C1CC(c2ccc(Sc3ccccc3)cc2)Nc2ccccc2N1. The molecule has 1 unspecified atom stereocenters. The van der Waals surface area contributed by atoms with Crippen LogP contribution in [0.25, 0.3) is 0 Å². The maximum Gasteiger partial charge on any atom is 0.103 e. The molecule has 0 amide bonds. The fraction of sp³-hybridized carbons (Fsp3) is 0.296. The lowest BCUT2D eigenvalue weighted by Crippen LogP contribution is -2.26. The Hall–Kier alpha value is -2.76. The first-order chi connectivity index (χ1) is 15.7. The van der Waals surface area contributed by atoms with E-state index in [2.05, 4.69) is 108 Å². The molecular weight excluding hydrogens is 412 g/mol. The van der Waals surface area contributed by atoms with E-state index in [9.17, 15) is 0 Å². The highest BCUT2D eigenvalue weighted by atomic mass is 32.2. The summed E-state index contributed by atoms with van der Waals surface area (Å²) in [5.74, 6) is 1.04. The van der Waals surface area contributed by atoms with E-state index in [1.807, 2.05) is 0 Å². The molecule has 1 heterocycles. The maximum atomic E-state index is 4.95. The average Bonchev–Trinajstić information content (AvgIpc) is 3.02. The van der Waals surface area contributed by atoms with Gasteiger partial charge in [0, 0.05) is 22.8 Å². The van der Waals surface area contributed by atoms with Gasteiger partial charge in [-0.05, 0) is 55.1 Å². The third-order valence-corrected chi connectivity index (χ3v) is 6.82. The summed E-state index contributed by atoms with van der Waals surface area (Å²) in [4.78, 5) is 9.87. The van der Waals surface area contributed by atoms with Crippen LogP contribution < -0.4 is 10.6 Å². The van der Waals surface area contributed by atoms with Gasteiger partial charge in [-0.25, -0.2) is 0 Å². The van der Waals surface area contributed by atoms with Crippen LogP contribution in [0, 0.1) is 0 Å². The lowest BCUT2D eigenvalue weighted by atomic mass is 10.0. The molecule has 0 saturated heterocycles. The molecule has 0 radical (unpaired) electrons. The molecular formula is C27H32N4S. The van der Waals surface area contributed by atoms with Crippen molar-refractivity contribution in [3.05, 3.63) is 84.4 Å². The highest BCUT2D eigenvalue weighted by Crippen LogP contribution is 2.34. The molecule has 166 valence electrons. The summed E-state index contributed by atoms with van der Waals surface area (Å²) < 4.78 is 0. The molecule has 5 heteroatoms. The number of amidine groups is 1. The van der Waals surface area contributed by atoms with E-state index in [-0.39, 0.29) is 6.04 Å². The van der Waals surface area contributed by atoms with E-state index in [1.165, 1.54) is 15.4 Å². The standard InChI is InChI=1S/C27H32N4S/c1-3-31(4-2)19-18-28-27-20-26(29-24-12-8-9-13-25(24)30-27)21-14-16-23(17-15-21)32-22-10-6-5-7-11-22/h5-17,26,29H,3-4,18-20H2,1-2H3,(H,28,30). The first kappa shape index (κ1) is 22.4. The zero-order valence-corrected chi connectivity index (χ0v) is 19.7. The van der Waals surface area contributed by atoms with Gasteiger partial charge in [-0.3, -0.25) is 4.99 Å². The third-order valence-electron chi connectivity index (χ3n) is 5.81. The minimum atomic E-state index is 0.175. The number of nitrogens with one attached hydrogen (secondary N) is 2. The van der Waals surface area contributed by atoms with Gasteiger partial charge >= 0.3 is 0 Å². The van der Waals surface area contributed by atoms with Crippen molar-refractivity contribution in [2.75, 3.05) is 36.8 Å². The summed E-state index contributed by atoms with van der Waals surface area (Å²) in [7, 11) is 0. The van der Waals surface area contributed by atoms with Gasteiger partial charge < -0.3 is 15.5 Å². The van der Waals surface area contributed by atoms with Gasteiger partial charge in [0.15, 0.2) is 0 Å². The molecule has 1 aliphatic rings. The highest BCUT2D eigenvalue weighted by Gasteiger charge is 2.21. The molecule has 1 atom stereocenters. The number of benzene rings is 3. The van der Waals surface area contributed by atoms with Gasteiger partial charge in [0.1, 0.15) is 5.84 Å². The number of aliphatic imine (C=N–C) groups is 1. The van der Waals surface area contributed by atoms with E-state index < -0.39 is 0 Å². The van der Waals surface area contributed by atoms with Gasteiger partial charge in [0.25, 0.3) is 0 Å². The number of hydrogen-bond acceptors (Lipinski definition) is 4. The van der Waals surface area contributed by atoms with Crippen LogP contribution in [0.1, 0.15) is 31.9 Å². The quantitative estimate of drug-likeness (QED) is 0.413. The molecule has 0 bridgehead atoms. The smallest absolute Gasteiger partial charge is 0.103 e. The van der Waals surface area contributed by atoms with Gasteiger partial charge in [-0.15, -0.1) is 0 Å². The minimum absolute atomic E-state index is 0.175. The van der Waals surface area contributed by atoms with Crippen molar-refractivity contribution in [2.45, 2.75) is 36.1 Å². The molecule has 4 nitrogen and oxygen atoms in total. The first-order valence-electron chi connectivity index (χ1n) is 11.5. The molecule has 2 N–H and O–H groups in total. The summed E-state index contributed by atoms with van der Waals surface area (Å²) in [5, 5.41) is 7.31. The Kier molecular flexibility index (Phi) is 7.86. The van der Waals surface area contributed by atoms with E-state index in [0.717, 1.165) is 49.8 Å². The Morgan fingerprint density at radius 3 is 2.22 bits per heavy atom. The minimum Gasteiger partial charge on any atom is -0.376 e. The zero-order valence-electron chi connectivity index (χ0n) is 18.9. The van der Waals surface area contributed by atoms with Crippen molar-refractivity contribution in [3.8, 4) is 0 Å². The second-order valence-corrected chi connectivity index (χ2v) is 9.06. The number of rotatable bonds is 8. The number of hydrogen-bond donors (Lipinski definition) is 2. The fourth-order valence-corrected chi connectivity index (χ4v) is 4.76. The molecule has 0 fully saturated rings. The maximum absolute atomic E-state index is 4.95. The number of para-hydroxylation sites is 2. The van der Waals surface area contributed by atoms with Crippen LogP contribution >= 0.6 is 11.8 Å². The van der Waals surface area contributed by atoms with Crippen LogP contribution in [-0.2, 0) is 0 Å². The van der Waals surface area contributed by atoms with Gasteiger partial charge in [-0.1, -0.05) is 68.1 Å². The van der Waals surface area contributed by atoms with Crippen LogP contribution in [0.5, 0.6) is 0 Å². The lowest BCUT2D eigenvalue weighted by molar-refractivity contribution is 0.313. The van der Waals surface area contributed by atoms with Crippen molar-refractivity contribution in [2.24, 2.45) is 4.99 Å². The van der Waals surface area contributed by atoms with Crippen molar-refractivity contribution < 1.29 is 0 Å². The Labute approximate surface area is 196 Å². The van der Waals surface area contributed by atoms with Crippen LogP contribution in [0.3, 0.4) is 0 Å². The second-order valence-electron chi connectivity index (χ2n) is 7.91. The van der Waals surface area contributed by atoms with Crippen LogP contribution in [0.2, 0.25) is 0 Å². The molecule has 32 heavy (non-hydrogen) atoms. The Morgan fingerprint density at radius 2 is 1.50 bits per heavy atom. The lowest BCUT2D eigenvalue weighted by Gasteiger charge is -2.19. The van der Waals surface area contributed by atoms with E-state index in [4.69, 9.17) is 4.99 Å². The molecule has 3 aromatic rings. The fourth-order valence-electron chi connectivity index (χ4n) is 3.92. The summed E-state index contributed by atoms with van der Waals surface area (Å²) in [5.41, 5.74) is 3.49. The number of likely N-dealkylation sites (N-methyl/N-ethyl adjacent to an activating group) is 1. The summed E-state index contributed by atoms with van der Waals surface area (Å²) >= 11 is 1.79. The Bertz CT molecular complexity index is 1010. The Morgan fingerprint density at radius 1 is 0.844 bits per heavy atom. The summed E-state index contributed by atoms with van der Waals surface area (Å²) in [6.07, 6.45) is 0.831. The zero-order chi connectivity index (χ0) is 22.2. The largest absolute Gasteiger partial charge is 0.376 e. The Balaban J connectivity index is 1.51. The highest BCUT2D eigenvalue weighted by molar-refractivity contribution is 7.99. The van der Waals surface area contributed by atoms with E-state index >= 15 is 0 Å². The normalized spacial score (nSPS) is 16.8. The third kappa shape index (κ3) is 5.93. The van der Waals surface area contributed by atoms with Crippen molar-refractivity contribution >= 4 is 29.0 Å². The molecule has 0 spiro atoms. The predicted molar refractivity (Wildman–Crippen MR) is 138 cm³/mol. The van der Waals surface area contributed by atoms with Gasteiger partial charge in [0.05, 0.1) is 24.0 Å². The number of fused-ring (bicyclic) bond motifs is 1. The van der Waals surface area contributed by atoms with Crippen LogP contribution in [0.15, 0.2) is 93.6 Å². The van der Waals surface area contributed by atoms with Crippen molar-refractivity contribution in [3.63, 3.8) is 0 Å². The number of anilines is 2. The van der Waals surface area contributed by atoms with E-state index in [0.29, 0.717) is 0 Å². The van der Waals surface area contributed by atoms with Crippen molar-refractivity contribution in [1.29, 1.82) is 0 Å². The van der Waals surface area contributed by atoms with E-state index in [1.54, 1.807) is 11.8 Å². The second kappa shape index (κ2) is 11.2. The average molecular weight is 445 g/mol. The monoisotopic (exact) mass is 444 g/mol. The van der Waals surface area contributed by atoms with Gasteiger partial charge in [0.2, 0.25) is 0 Å². The van der Waals surface area contributed by atoms with Crippen LogP contribution in [-0.4, -0.2) is 36.9 Å². The molecule has 0 saturated carbocycles. The molecule has 0 aromatic heterocycles. The molecule has 0 aliphatic carbocycles. The first-order valence-corrected chi connectivity index (χ1v) is 12.3. The summed E-state index contributed by atoms with van der Waals surface area (Å²) in [6, 6.07) is 28.0. The predicted octanol–water partition coefficient (Wildman–Crippen LogP) is 6.55. The van der Waals surface area contributed by atoms with Gasteiger partial charge in [-0.2, -0.15) is 0 Å². The molecule has 4 rings (SSSR count). The molecule has 1 aliphatic heterocycles. The topological polar surface area (TPSA) is 39.7 Å². The number of nitrogens with zero attached hydrogens (tertiary/aromatic N) is 2. The van der Waals surface area contributed by atoms with Crippen LogP contribution in [0.4, 0.5) is 11.4 Å².